The summed E-state index contributed by atoms with van der Waals surface area (Å²) in [5.41, 5.74) is 0.313. The first-order valence-electron chi connectivity index (χ1n) is 5.18. The van der Waals surface area contributed by atoms with Crippen LogP contribution in [0.2, 0.25) is 0 Å². The molecule has 0 unspecified atom stereocenters. The van der Waals surface area contributed by atoms with Gasteiger partial charge in [0.2, 0.25) is 0 Å². The van der Waals surface area contributed by atoms with Crippen molar-refractivity contribution in [2.24, 2.45) is 0 Å². The molecule has 0 saturated carbocycles. The smallest absolute Gasteiger partial charge is 0.340 e. The Morgan fingerprint density at radius 1 is 1.10 bits per heavy atom. The van der Waals surface area contributed by atoms with Gasteiger partial charge in [0, 0.05) is 11.1 Å². The van der Waals surface area contributed by atoms with Crippen LogP contribution in [0.3, 0.4) is 0 Å². The normalized spacial score (nSPS) is 10.2. The number of ether oxygens (including phenoxy) is 2. The van der Waals surface area contributed by atoms with E-state index in [4.69, 9.17) is 0 Å². The number of carbonyl (C=O) groups excluding carboxylic acids is 2. The zero-order valence-electron chi connectivity index (χ0n) is 11.3. The summed E-state index contributed by atoms with van der Waals surface area (Å²) < 4.78 is 55.4. The Labute approximate surface area is 114 Å². The van der Waals surface area contributed by atoms with Crippen molar-refractivity contribution < 1.29 is 36.6 Å². The molecule has 116 valence electrons. The first-order valence-corrected chi connectivity index (χ1v) is 5.18. The van der Waals surface area contributed by atoms with E-state index in [1.54, 1.807) is 6.92 Å². The highest BCUT2D eigenvalue weighted by Crippen LogP contribution is 2.23. The third-order valence-corrected chi connectivity index (χ3v) is 1.60. The van der Waals surface area contributed by atoms with Crippen molar-refractivity contribution in [2.75, 3.05) is 13.7 Å². The van der Waals surface area contributed by atoms with E-state index in [2.05, 4.69) is 22.6 Å². The largest absolute Gasteiger partial charge is 0.466 e. The van der Waals surface area contributed by atoms with Crippen LogP contribution in [0.15, 0.2) is 24.3 Å². The van der Waals surface area contributed by atoms with Gasteiger partial charge in [0.05, 0.1) is 7.11 Å². The Balaban J connectivity index is 0. The van der Waals surface area contributed by atoms with Gasteiger partial charge in [0.15, 0.2) is 6.61 Å². The summed E-state index contributed by atoms with van der Waals surface area (Å²) in [7, 11) is 1.33. The lowest BCUT2D eigenvalue weighted by atomic mass is 10.3. The number of esters is 2. The number of hydrogen-bond donors (Lipinski definition) is 0. The van der Waals surface area contributed by atoms with Crippen LogP contribution < -0.4 is 0 Å². The highest BCUT2D eigenvalue weighted by Gasteiger charge is 2.42. The van der Waals surface area contributed by atoms with Gasteiger partial charge in [-0.15, -0.1) is 0 Å². The first-order chi connectivity index (χ1) is 8.95. The van der Waals surface area contributed by atoms with Crippen LogP contribution in [-0.2, 0) is 19.1 Å². The second kappa shape index (κ2) is 9.11. The van der Waals surface area contributed by atoms with Crippen LogP contribution in [0.25, 0.3) is 0 Å². The molecule has 0 aliphatic rings. The summed E-state index contributed by atoms with van der Waals surface area (Å²) in [5, 5.41) is 0. The van der Waals surface area contributed by atoms with Gasteiger partial charge in [-0.05, 0) is 13.8 Å². The lowest BCUT2D eigenvalue weighted by Crippen LogP contribution is -2.33. The molecule has 0 aliphatic carbocycles. The van der Waals surface area contributed by atoms with Gasteiger partial charge in [-0.1, -0.05) is 13.2 Å². The van der Waals surface area contributed by atoms with Crippen molar-refractivity contribution >= 4 is 11.9 Å². The Morgan fingerprint density at radius 3 is 1.70 bits per heavy atom. The van der Waals surface area contributed by atoms with Gasteiger partial charge >= 0.3 is 24.3 Å². The van der Waals surface area contributed by atoms with Crippen LogP contribution in [0.1, 0.15) is 13.8 Å². The number of hydrogen-bond acceptors (Lipinski definition) is 4. The van der Waals surface area contributed by atoms with Crippen molar-refractivity contribution in [1.82, 2.24) is 0 Å². The molecule has 0 saturated heterocycles. The average Bonchev–Trinajstić information content (AvgIpc) is 2.35. The van der Waals surface area contributed by atoms with E-state index in [-0.39, 0.29) is 11.5 Å². The predicted octanol–water partition coefficient (Wildman–Crippen LogP) is 2.74. The number of rotatable bonds is 5. The fraction of sp³-hybridized carbons (Fsp3) is 0.500. The van der Waals surface area contributed by atoms with Crippen LogP contribution in [0, 0.1) is 0 Å². The van der Waals surface area contributed by atoms with Crippen molar-refractivity contribution in [3.05, 3.63) is 24.3 Å². The molecule has 0 aromatic carbocycles. The number of halogens is 4. The Morgan fingerprint density at radius 2 is 1.50 bits per heavy atom. The van der Waals surface area contributed by atoms with Gasteiger partial charge in [-0.2, -0.15) is 8.78 Å². The van der Waals surface area contributed by atoms with E-state index in [1.165, 1.54) is 14.0 Å². The predicted molar refractivity (Wildman–Crippen MR) is 63.6 cm³/mol. The van der Waals surface area contributed by atoms with Crippen LogP contribution in [0.5, 0.6) is 0 Å². The molecule has 0 aromatic rings. The molecule has 0 spiro atoms. The molecule has 0 amide bonds. The Hall–Kier alpha value is -1.86. The van der Waals surface area contributed by atoms with E-state index in [9.17, 15) is 27.2 Å². The Bertz CT molecular complexity index is 378. The number of alkyl halides is 4. The molecule has 8 heteroatoms. The summed E-state index contributed by atoms with van der Waals surface area (Å²) in [5.74, 6) is -5.76. The molecule has 0 radical (unpaired) electrons. The second-order valence-electron chi connectivity index (χ2n) is 3.69. The summed E-state index contributed by atoms with van der Waals surface area (Å²) in [4.78, 5) is 20.7. The van der Waals surface area contributed by atoms with Gasteiger partial charge in [0.1, 0.15) is 0 Å². The summed E-state index contributed by atoms with van der Waals surface area (Å²) >= 11 is 0. The molecule has 0 aliphatic heterocycles. The lowest BCUT2D eigenvalue weighted by molar-refractivity contribution is -0.176. The van der Waals surface area contributed by atoms with E-state index in [0.29, 0.717) is 5.57 Å². The van der Waals surface area contributed by atoms with Crippen LogP contribution in [0.4, 0.5) is 17.6 Å². The quantitative estimate of drug-likeness (QED) is 0.445. The monoisotopic (exact) mass is 300 g/mol. The van der Waals surface area contributed by atoms with Gasteiger partial charge < -0.3 is 9.47 Å². The molecule has 0 fully saturated rings. The SMILES string of the molecule is C=C(C)C(=O)OC.C=C(C)C(=O)OCC(F)(F)C(F)F. The van der Waals surface area contributed by atoms with Gasteiger partial charge in [0.25, 0.3) is 0 Å². The average molecular weight is 300 g/mol. The van der Waals surface area contributed by atoms with E-state index >= 15 is 0 Å². The molecule has 0 rings (SSSR count). The molecule has 0 aromatic heterocycles. The minimum absolute atomic E-state index is 0.120. The summed E-state index contributed by atoms with van der Waals surface area (Å²) in [6.45, 7) is 7.64. The summed E-state index contributed by atoms with van der Waals surface area (Å²) in [6.07, 6.45) is -3.84. The Kier molecular flexibility index (Phi) is 9.32. The van der Waals surface area contributed by atoms with Crippen LogP contribution >= 0.6 is 0 Å². The molecule has 20 heavy (non-hydrogen) atoms. The maximum Gasteiger partial charge on any atom is 0.340 e. The zero-order chi connectivity index (χ0) is 16.5. The fourth-order valence-electron chi connectivity index (χ4n) is 0.522. The maximum absolute atomic E-state index is 12.1. The lowest BCUT2D eigenvalue weighted by Gasteiger charge is -2.14. The summed E-state index contributed by atoms with van der Waals surface area (Å²) in [6, 6.07) is 0. The van der Waals surface area contributed by atoms with Crippen molar-refractivity contribution in [3.8, 4) is 0 Å². The first kappa shape index (κ1) is 20.5. The molecular weight excluding hydrogens is 284 g/mol. The number of methoxy groups -OCH3 is 1. The minimum atomic E-state index is -4.30. The van der Waals surface area contributed by atoms with Gasteiger partial charge in [-0.3, -0.25) is 0 Å². The topological polar surface area (TPSA) is 52.6 Å². The highest BCUT2D eigenvalue weighted by atomic mass is 19.3. The maximum atomic E-state index is 12.1. The zero-order valence-corrected chi connectivity index (χ0v) is 11.3. The fourth-order valence-corrected chi connectivity index (χ4v) is 0.522. The van der Waals surface area contributed by atoms with Crippen molar-refractivity contribution in [2.45, 2.75) is 26.2 Å². The van der Waals surface area contributed by atoms with Crippen LogP contribution in [-0.4, -0.2) is 38.0 Å². The minimum Gasteiger partial charge on any atom is -0.466 e. The third-order valence-electron chi connectivity index (χ3n) is 1.60. The second-order valence-corrected chi connectivity index (χ2v) is 3.69. The van der Waals surface area contributed by atoms with E-state index < -0.39 is 24.9 Å². The van der Waals surface area contributed by atoms with E-state index in [1.807, 2.05) is 0 Å². The molecule has 4 nitrogen and oxygen atoms in total. The molecule has 0 heterocycles. The molecular formula is C12H16F4O4. The van der Waals surface area contributed by atoms with Crippen molar-refractivity contribution in [1.29, 1.82) is 0 Å². The molecule has 0 bridgehead atoms. The van der Waals surface area contributed by atoms with E-state index in [0.717, 1.165) is 0 Å². The number of carbonyl (C=O) groups is 2. The molecule has 0 atom stereocenters. The molecule has 0 N–H and O–H groups in total. The highest BCUT2D eigenvalue weighted by molar-refractivity contribution is 5.87. The standard InChI is InChI=1S/C7H8F4O2.C5H8O2/c1-4(2)5(12)13-3-7(10,11)6(8)9;1-4(2)5(6)7-3/h6H,1,3H2,2H3;1H2,2-3H3. The van der Waals surface area contributed by atoms with Gasteiger partial charge in [-0.25, -0.2) is 18.4 Å². The van der Waals surface area contributed by atoms with Crippen molar-refractivity contribution in [3.63, 3.8) is 0 Å². The third kappa shape index (κ3) is 9.12.